The van der Waals surface area contributed by atoms with Gasteiger partial charge in [0.25, 0.3) is 0 Å². The first kappa shape index (κ1) is 12.0. The molecule has 0 heterocycles. The minimum absolute atomic E-state index is 0.132. The molecule has 0 aliphatic carbocycles. The Balaban J connectivity index is 2.62. The smallest absolute Gasteiger partial charge is 0.410 e. The molecule has 0 N–H and O–H groups in total. The lowest BCUT2D eigenvalue weighted by Gasteiger charge is -2.20. The van der Waals surface area contributed by atoms with Gasteiger partial charge in [-0.25, -0.2) is 4.79 Å². The summed E-state index contributed by atoms with van der Waals surface area (Å²) in [4.78, 5) is 13.1. The first-order valence-electron chi connectivity index (χ1n) is 4.71. The van der Waals surface area contributed by atoms with E-state index in [1.807, 2.05) is 26.0 Å². The van der Waals surface area contributed by atoms with Crippen LogP contribution in [0.5, 0.6) is 5.75 Å². The van der Waals surface area contributed by atoms with Gasteiger partial charge in [0.15, 0.2) is 0 Å². The van der Waals surface area contributed by atoms with Crippen LogP contribution in [0.25, 0.3) is 0 Å². The van der Waals surface area contributed by atoms with E-state index in [1.54, 1.807) is 24.1 Å². The second-order valence-corrected chi connectivity index (χ2v) is 4.44. The molecule has 4 heteroatoms. The number of rotatable bonds is 2. The van der Waals surface area contributed by atoms with Crippen LogP contribution in [-0.4, -0.2) is 24.1 Å². The van der Waals surface area contributed by atoms with E-state index < -0.39 is 0 Å². The Labute approximate surface area is 98.2 Å². The van der Waals surface area contributed by atoms with Gasteiger partial charge in [0, 0.05) is 17.6 Å². The molecule has 82 valence electrons. The van der Waals surface area contributed by atoms with Crippen LogP contribution in [0, 0.1) is 0 Å². The lowest BCUT2D eigenvalue weighted by atomic mass is 10.3. The van der Waals surface area contributed by atoms with Crippen LogP contribution in [0.2, 0.25) is 0 Å². The van der Waals surface area contributed by atoms with Crippen molar-refractivity contribution in [1.82, 2.24) is 4.90 Å². The first-order valence-corrected chi connectivity index (χ1v) is 5.50. The van der Waals surface area contributed by atoms with Gasteiger partial charge in [0.2, 0.25) is 0 Å². The number of hydrogen-bond donors (Lipinski definition) is 0. The quantitative estimate of drug-likeness (QED) is 0.826. The van der Waals surface area contributed by atoms with Crippen molar-refractivity contribution < 1.29 is 9.53 Å². The zero-order valence-corrected chi connectivity index (χ0v) is 10.6. The Morgan fingerprint density at radius 3 is 2.33 bits per heavy atom. The molecule has 1 aromatic rings. The SMILES string of the molecule is CC(C)N(C)C(=O)Oc1ccc(Br)cc1. The van der Waals surface area contributed by atoms with Gasteiger partial charge in [-0.05, 0) is 38.1 Å². The minimum Gasteiger partial charge on any atom is -0.410 e. The van der Waals surface area contributed by atoms with E-state index in [9.17, 15) is 4.79 Å². The average molecular weight is 272 g/mol. The largest absolute Gasteiger partial charge is 0.415 e. The maximum Gasteiger partial charge on any atom is 0.415 e. The molecule has 0 aliphatic rings. The van der Waals surface area contributed by atoms with Gasteiger partial charge in [-0.1, -0.05) is 15.9 Å². The van der Waals surface area contributed by atoms with Crippen molar-refractivity contribution in [3.63, 3.8) is 0 Å². The zero-order valence-electron chi connectivity index (χ0n) is 9.03. The van der Waals surface area contributed by atoms with Gasteiger partial charge in [0.05, 0.1) is 0 Å². The van der Waals surface area contributed by atoms with Crippen molar-refractivity contribution in [3.8, 4) is 5.75 Å². The zero-order chi connectivity index (χ0) is 11.4. The molecule has 0 bridgehead atoms. The topological polar surface area (TPSA) is 29.5 Å². The molecule has 15 heavy (non-hydrogen) atoms. The molecule has 1 rings (SSSR count). The first-order chi connectivity index (χ1) is 7.00. The summed E-state index contributed by atoms with van der Waals surface area (Å²) >= 11 is 3.31. The van der Waals surface area contributed by atoms with Gasteiger partial charge in [-0.2, -0.15) is 0 Å². The number of carbonyl (C=O) groups is 1. The Kier molecular flexibility index (Phi) is 4.15. The van der Waals surface area contributed by atoms with Crippen LogP contribution in [-0.2, 0) is 0 Å². The molecule has 0 unspecified atom stereocenters. The van der Waals surface area contributed by atoms with Crippen LogP contribution in [0.15, 0.2) is 28.7 Å². The molecule has 0 aliphatic heterocycles. The van der Waals surface area contributed by atoms with Crippen LogP contribution in [0.1, 0.15) is 13.8 Å². The fourth-order valence-corrected chi connectivity index (χ4v) is 1.15. The van der Waals surface area contributed by atoms with Crippen molar-refractivity contribution in [2.75, 3.05) is 7.05 Å². The van der Waals surface area contributed by atoms with Gasteiger partial charge in [0.1, 0.15) is 5.75 Å². The highest BCUT2D eigenvalue weighted by Gasteiger charge is 2.13. The molecule has 0 spiro atoms. The van der Waals surface area contributed by atoms with Crippen molar-refractivity contribution in [3.05, 3.63) is 28.7 Å². The highest BCUT2D eigenvalue weighted by Crippen LogP contribution is 2.16. The summed E-state index contributed by atoms with van der Waals surface area (Å²) in [6.07, 6.45) is -0.340. The lowest BCUT2D eigenvalue weighted by Crippen LogP contribution is -2.35. The second kappa shape index (κ2) is 5.16. The molecule has 0 saturated heterocycles. The number of ether oxygens (including phenoxy) is 1. The molecule has 1 aromatic carbocycles. The molecule has 3 nitrogen and oxygen atoms in total. The lowest BCUT2D eigenvalue weighted by molar-refractivity contribution is 0.152. The monoisotopic (exact) mass is 271 g/mol. The number of nitrogens with zero attached hydrogens (tertiary/aromatic N) is 1. The van der Waals surface area contributed by atoms with Crippen LogP contribution < -0.4 is 4.74 Å². The summed E-state index contributed by atoms with van der Waals surface area (Å²) < 4.78 is 6.12. The van der Waals surface area contributed by atoms with Gasteiger partial charge in [-0.15, -0.1) is 0 Å². The van der Waals surface area contributed by atoms with E-state index in [-0.39, 0.29) is 12.1 Å². The van der Waals surface area contributed by atoms with E-state index >= 15 is 0 Å². The van der Waals surface area contributed by atoms with Crippen LogP contribution in [0.3, 0.4) is 0 Å². The van der Waals surface area contributed by atoms with Crippen molar-refractivity contribution in [2.24, 2.45) is 0 Å². The van der Waals surface area contributed by atoms with E-state index in [4.69, 9.17) is 4.74 Å². The highest BCUT2D eigenvalue weighted by molar-refractivity contribution is 9.10. The normalized spacial score (nSPS) is 10.2. The standard InChI is InChI=1S/C11H14BrNO2/c1-8(2)13(3)11(14)15-10-6-4-9(12)5-7-10/h4-8H,1-3H3. The molecule has 0 aromatic heterocycles. The maximum absolute atomic E-state index is 11.5. The van der Waals surface area contributed by atoms with Crippen molar-refractivity contribution in [2.45, 2.75) is 19.9 Å². The van der Waals surface area contributed by atoms with Crippen LogP contribution >= 0.6 is 15.9 Å². The molecular formula is C11H14BrNO2. The maximum atomic E-state index is 11.5. The van der Waals surface area contributed by atoms with Gasteiger partial charge < -0.3 is 9.64 Å². The Morgan fingerprint density at radius 2 is 1.87 bits per heavy atom. The fraction of sp³-hybridized carbons (Fsp3) is 0.364. The average Bonchev–Trinajstić information content (AvgIpc) is 2.20. The molecule has 0 fully saturated rings. The van der Waals surface area contributed by atoms with Crippen molar-refractivity contribution >= 4 is 22.0 Å². The number of halogens is 1. The summed E-state index contributed by atoms with van der Waals surface area (Å²) in [5, 5.41) is 0. The molecular weight excluding hydrogens is 258 g/mol. The predicted octanol–water partition coefficient (Wildman–Crippen LogP) is 3.29. The van der Waals surface area contributed by atoms with Crippen molar-refractivity contribution in [1.29, 1.82) is 0 Å². The molecule has 0 saturated carbocycles. The van der Waals surface area contributed by atoms with Gasteiger partial charge in [-0.3, -0.25) is 0 Å². The number of carbonyl (C=O) groups excluding carboxylic acids is 1. The van der Waals surface area contributed by atoms with E-state index in [0.29, 0.717) is 5.75 Å². The summed E-state index contributed by atoms with van der Waals surface area (Å²) in [5.41, 5.74) is 0. The van der Waals surface area contributed by atoms with E-state index in [0.717, 1.165) is 4.47 Å². The summed E-state index contributed by atoms with van der Waals surface area (Å²) in [7, 11) is 1.71. The van der Waals surface area contributed by atoms with E-state index in [1.165, 1.54) is 0 Å². The van der Waals surface area contributed by atoms with E-state index in [2.05, 4.69) is 15.9 Å². The highest BCUT2D eigenvalue weighted by atomic mass is 79.9. The number of benzene rings is 1. The number of hydrogen-bond acceptors (Lipinski definition) is 2. The molecule has 0 atom stereocenters. The summed E-state index contributed by atoms with van der Waals surface area (Å²) in [5.74, 6) is 0.552. The van der Waals surface area contributed by atoms with Gasteiger partial charge >= 0.3 is 6.09 Å². The summed E-state index contributed by atoms with van der Waals surface area (Å²) in [6, 6.07) is 7.29. The minimum atomic E-state index is -0.340. The fourth-order valence-electron chi connectivity index (χ4n) is 0.886. The third-order valence-electron chi connectivity index (χ3n) is 2.08. The Morgan fingerprint density at radius 1 is 1.33 bits per heavy atom. The second-order valence-electron chi connectivity index (χ2n) is 3.53. The summed E-state index contributed by atoms with van der Waals surface area (Å²) in [6.45, 7) is 3.87. The Hall–Kier alpha value is -1.03. The third-order valence-corrected chi connectivity index (χ3v) is 2.61. The van der Waals surface area contributed by atoms with Crippen LogP contribution in [0.4, 0.5) is 4.79 Å². The molecule has 1 amide bonds. The Bertz CT molecular complexity index is 335. The molecule has 0 radical (unpaired) electrons. The number of amides is 1. The predicted molar refractivity (Wildman–Crippen MR) is 63.1 cm³/mol. The third kappa shape index (κ3) is 3.55.